The third kappa shape index (κ3) is 2.37. The molecule has 0 bridgehead atoms. The molecule has 1 unspecified atom stereocenters. The highest BCUT2D eigenvalue weighted by atomic mass is 35.5. The molecule has 0 spiro atoms. The van der Waals surface area contributed by atoms with E-state index in [0.29, 0.717) is 5.15 Å². The van der Waals surface area contributed by atoms with Crippen LogP contribution in [0.25, 0.3) is 10.2 Å². The molecule has 0 aliphatic carbocycles. The minimum absolute atomic E-state index is 0.586. The highest BCUT2D eigenvalue weighted by Crippen LogP contribution is 2.26. The van der Waals surface area contributed by atoms with Crippen LogP contribution >= 0.6 is 22.9 Å². The first kappa shape index (κ1) is 12.3. The lowest BCUT2D eigenvalue weighted by Crippen LogP contribution is -2.21. The van der Waals surface area contributed by atoms with Gasteiger partial charge in [0.05, 0.1) is 6.54 Å². The fourth-order valence-electron chi connectivity index (χ4n) is 2.52. The van der Waals surface area contributed by atoms with Crippen molar-refractivity contribution in [3.8, 4) is 0 Å². The number of halogens is 1. The van der Waals surface area contributed by atoms with E-state index in [0.717, 1.165) is 35.0 Å². The maximum Gasteiger partial charge on any atom is 0.145 e. The van der Waals surface area contributed by atoms with Crippen molar-refractivity contribution >= 4 is 33.2 Å². The van der Waals surface area contributed by atoms with Gasteiger partial charge in [0.1, 0.15) is 15.8 Å². The minimum atomic E-state index is 0.586. The molecule has 0 radical (unpaired) electrons. The molecule has 0 saturated carbocycles. The Morgan fingerprint density at radius 3 is 3.17 bits per heavy atom. The van der Waals surface area contributed by atoms with Crippen LogP contribution in [-0.2, 0) is 6.54 Å². The Labute approximate surface area is 116 Å². The second-order valence-corrected chi connectivity index (χ2v) is 6.12. The maximum absolute atomic E-state index is 6.18. The van der Waals surface area contributed by atoms with Gasteiger partial charge in [-0.15, -0.1) is 11.3 Å². The van der Waals surface area contributed by atoms with Crippen molar-refractivity contribution in [2.75, 3.05) is 13.1 Å². The molecule has 5 heteroatoms. The summed E-state index contributed by atoms with van der Waals surface area (Å²) >= 11 is 7.81. The summed E-state index contributed by atoms with van der Waals surface area (Å²) in [6.07, 6.45) is 2.56. The van der Waals surface area contributed by atoms with Gasteiger partial charge in [0.15, 0.2) is 0 Å². The Hall–Kier alpha value is -0.710. The molecule has 2 aromatic heterocycles. The molecule has 0 amide bonds. The van der Waals surface area contributed by atoms with Crippen LogP contribution in [-0.4, -0.2) is 28.0 Å². The van der Waals surface area contributed by atoms with Crippen LogP contribution in [0.1, 0.15) is 25.6 Å². The summed E-state index contributed by atoms with van der Waals surface area (Å²) in [5.74, 6) is 1.69. The fraction of sp³-hybridized carbons (Fsp3) is 0.538. The van der Waals surface area contributed by atoms with Crippen LogP contribution in [0.2, 0.25) is 5.15 Å². The van der Waals surface area contributed by atoms with Crippen molar-refractivity contribution in [1.82, 2.24) is 14.9 Å². The van der Waals surface area contributed by atoms with E-state index in [1.807, 2.05) is 11.4 Å². The Bertz CT molecular complexity index is 554. The number of fused-ring (bicyclic) bond motifs is 1. The molecule has 3 heterocycles. The largest absolute Gasteiger partial charge is 0.296 e. The van der Waals surface area contributed by atoms with Crippen LogP contribution in [0.5, 0.6) is 0 Å². The van der Waals surface area contributed by atoms with E-state index in [2.05, 4.69) is 21.8 Å². The number of hydrogen-bond acceptors (Lipinski definition) is 4. The summed E-state index contributed by atoms with van der Waals surface area (Å²) in [6.45, 7) is 5.41. The predicted molar refractivity (Wildman–Crippen MR) is 76.1 cm³/mol. The molecule has 1 aliphatic heterocycles. The monoisotopic (exact) mass is 281 g/mol. The second kappa shape index (κ2) is 5.11. The van der Waals surface area contributed by atoms with Crippen LogP contribution in [0.15, 0.2) is 11.4 Å². The summed E-state index contributed by atoms with van der Waals surface area (Å²) in [5, 5.41) is 3.57. The average Bonchev–Trinajstić information content (AvgIpc) is 2.97. The van der Waals surface area contributed by atoms with E-state index >= 15 is 0 Å². The van der Waals surface area contributed by atoms with Gasteiger partial charge in [-0.05, 0) is 30.3 Å². The van der Waals surface area contributed by atoms with Gasteiger partial charge in [0, 0.05) is 11.9 Å². The summed E-state index contributed by atoms with van der Waals surface area (Å²) in [5.41, 5.74) is 0. The standard InChI is InChI=1S/C13H16ClN3S/c1-2-9-3-5-17(7-9)8-11-15-12(14)10-4-6-18-13(10)16-11/h4,6,9H,2-3,5,7-8H2,1H3. The van der Waals surface area contributed by atoms with Gasteiger partial charge in [0.25, 0.3) is 0 Å². The van der Waals surface area contributed by atoms with Crippen molar-refractivity contribution < 1.29 is 0 Å². The molecule has 1 saturated heterocycles. The molecule has 0 N–H and O–H groups in total. The smallest absolute Gasteiger partial charge is 0.145 e. The second-order valence-electron chi connectivity index (χ2n) is 4.87. The maximum atomic E-state index is 6.18. The molecule has 18 heavy (non-hydrogen) atoms. The van der Waals surface area contributed by atoms with E-state index in [4.69, 9.17) is 11.6 Å². The molecule has 1 atom stereocenters. The first-order chi connectivity index (χ1) is 8.76. The minimum Gasteiger partial charge on any atom is -0.296 e. The topological polar surface area (TPSA) is 29.0 Å². The van der Waals surface area contributed by atoms with E-state index < -0.39 is 0 Å². The fourth-order valence-corrected chi connectivity index (χ4v) is 3.61. The van der Waals surface area contributed by atoms with Gasteiger partial charge in [0.2, 0.25) is 0 Å². The highest BCUT2D eigenvalue weighted by molar-refractivity contribution is 7.16. The van der Waals surface area contributed by atoms with E-state index in [1.54, 1.807) is 11.3 Å². The summed E-state index contributed by atoms with van der Waals surface area (Å²) in [7, 11) is 0. The van der Waals surface area contributed by atoms with Crippen LogP contribution in [0.4, 0.5) is 0 Å². The average molecular weight is 282 g/mol. The summed E-state index contributed by atoms with van der Waals surface area (Å²) < 4.78 is 0. The van der Waals surface area contributed by atoms with Crippen LogP contribution in [0, 0.1) is 5.92 Å². The van der Waals surface area contributed by atoms with Crippen molar-refractivity contribution in [1.29, 1.82) is 0 Å². The number of aromatic nitrogens is 2. The van der Waals surface area contributed by atoms with Gasteiger partial charge in [-0.25, -0.2) is 9.97 Å². The first-order valence-corrected chi connectivity index (χ1v) is 7.64. The van der Waals surface area contributed by atoms with Gasteiger partial charge in [-0.3, -0.25) is 4.90 Å². The molecular formula is C13H16ClN3S. The zero-order valence-corrected chi connectivity index (χ0v) is 12.0. The van der Waals surface area contributed by atoms with Gasteiger partial charge in [-0.1, -0.05) is 24.9 Å². The number of likely N-dealkylation sites (tertiary alicyclic amines) is 1. The lowest BCUT2D eigenvalue weighted by Gasteiger charge is -2.14. The molecule has 96 valence electrons. The van der Waals surface area contributed by atoms with Crippen LogP contribution in [0.3, 0.4) is 0 Å². The Balaban J connectivity index is 1.78. The number of rotatable bonds is 3. The Kier molecular flexibility index (Phi) is 3.50. The van der Waals surface area contributed by atoms with E-state index in [9.17, 15) is 0 Å². The lowest BCUT2D eigenvalue weighted by molar-refractivity contribution is 0.307. The highest BCUT2D eigenvalue weighted by Gasteiger charge is 2.22. The first-order valence-electron chi connectivity index (χ1n) is 6.38. The molecule has 1 fully saturated rings. The molecule has 3 rings (SSSR count). The lowest BCUT2D eigenvalue weighted by atomic mass is 10.1. The Morgan fingerprint density at radius 1 is 1.50 bits per heavy atom. The van der Waals surface area contributed by atoms with E-state index in [-0.39, 0.29) is 0 Å². The van der Waals surface area contributed by atoms with Gasteiger partial charge in [-0.2, -0.15) is 0 Å². The van der Waals surface area contributed by atoms with Crippen molar-refractivity contribution in [2.24, 2.45) is 5.92 Å². The molecule has 1 aliphatic rings. The van der Waals surface area contributed by atoms with Crippen molar-refractivity contribution in [3.05, 3.63) is 22.4 Å². The SMILES string of the molecule is CCC1CCN(Cc2nc(Cl)c3ccsc3n2)C1. The quantitative estimate of drug-likeness (QED) is 0.806. The zero-order chi connectivity index (χ0) is 12.5. The predicted octanol–water partition coefficient (Wildman–Crippen LogP) is 3.58. The third-order valence-electron chi connectivity index (χ3n) is 3.64. The normalized spacial score (nSPS) is 20.9. The van der Waals surface area contributed by atoms with Crippen molar-refractivity contribution in [2.45, 2.75) is 26.3 Å². The van der Waals surface area contributed by atoms with Gasteiger partial charge >= 0.3 is 0 Å². The number of nitrogens with zero attached hydrogens (tertiary/aromatic N) is 3. The van der Waals surface area contributed by atoms with E-state index in [1.165, 1.54) is 19.4 Å². The third-order valence-corrected chi connectivity index (χ3v) is 4.73. The van der Waals surface area contributed by atoms with Crippen molar-refractivity contribution in [3.63, 3.8) is 0 Å². The summed E-state index contributed by atoms with van der Waals surface area (Å²) in [4.78, 5) is 12.4. The molecule has 2 aromatic rings. The van der Waals surface area contributed by atoms with Gasteiger partial charge < -0.3 is 0 Å². The van der Waals surface area contributed by atoms with Crippen LogP contribution < -0.4 is 0 Å². The number of thiophene rings is 1. The number of hydrogen-bond donors (Lipinski definition) is 0. The molecule has 3 nitrogen and oxygen atoms in total. The zero-order valence-electron chi connectivity index (χ0n) is 10.4. The molecular weight excluding hydrogens is 266 g/mol. The summed E-state index contributed by atoms with van der Waals surface area (Å²) in [6, 6.07) is 1.98. The molecule has 0 aromatic carbocycles. The Morgan fingerprint density at radius 2 is 2.39 bits per heavy atom.